The molecule has 0 bridgehead atoms. The molecule has 0 aliphatic carbocycles. The number of rotatable bonds is 4. The Morgan fingerprint density at radius 3 is 2.23 bits per heavy atom. The molecular formula is C21H25N3O2. The van der Waals surface area contributed by atoms with E-state index in [9.17, 15) is 9.59 Å². The molecule has 0 aliphatic heterocycles. The van der Waals surface area contributed by atoms with Crippen LogP contribution < -0.4 is 11.0 Å². The van der Waals surface area contributed by atoms with Crippen molar-refractivity contribution in [3.05, 3.63) is 70.1 Å². The van der Waals surface area contributed by atoms with Gasteiger partial charge in [-0.3, -0.25) is 13.9 Å². The molecule has 0 aliphatic rings. The van der Waals surface area contributed by atoms with Gasteiger partial charge in [0, 0.05) is 25.7 Å². The van der Waals surface area contributed by atoms with E-state index < -0.39 is 0 Å². The zero-order valence-electron chi connectivity index (χ0n) is 15.7. The first-order valence-corrected chi connectivity index (χ1v) is 8.82. The number of amides is 1. The fourth-order valence-corrected chi connectivity index (χ4v) is 3.08. The smallest absolute Gasteiger partial charge is 0.328 e. The number of hydrogen-bond acceptors (Lipinski definition) is 2. The van der Waals surface area contributed by atoms with E-state index in [4.69, 9.17) is 0 Å². The largest absolute Gasteiger partial charge is 0.350 e. The average molecular weight is 351 g/mol. The van der Waals surface area contributed by atoms with E-state index in [0.29, 0.717) is 18.7 Å². The van der Waals surface area contributed by atoms with Crippen LogP contribution in [0.5, 0.6) is 0 Å². The predicted octanol–water partition coefficient (Wildman–Crippen LogP) is 3.07. The van der Waals surface area contributed by atoms with Crippen LogP contribution in [0.4, 0.5) is 0 Å². The molecule has 3 aromatic rings. The summed E-state index contributed by atoms with van der Waals surface area (Å²) in [5.41, 5.74) is 3.57. The van der Waals surface area contributed by atoms with Gasteiger partial charge in [-0.1, -0.05) is 45.0 Å². The van der Waals surface area contributed by atoms with Gasteiger partial charge >= 0.3 is 5.69 Å². The first-order valence-electron chi connectivity index (χ1n) is 8.82. The molecule has 5 heteroatoms. The lowest BCUT2D eigenvalue weighted by atomic mass is 9.87. The van der Waals surface area contributed by atoms with E-state index in [1.165, 1.54) is 5.56 Å². The van der Waals surface area contributed by atoms with Crippen LogP contribution in [0.15, 0.2) is 53.3 Å². The van der Waals surface area contributed by atoms with Crippen LogP contribution in [0.2, 0.25) is 0 Å². The summed E-state index contributed by atoms with van der Waals surface area (Å²) in [6, 6.07) is 15.3. The molecule has 3 rings (SSSR count). The van der Waals surface area contributed by atoms with Gasteiger partial charge < -0.3 is 5.32 Å². The minimum Gasteiger partial charge on any atom is -0.350 e. The fraction of sp³-hybridized carbons (Fsp3) is 0.333. The number of benzene rings is 2. The van der Waals surface area contributed by atoms with Gasteiger partial charge in [0.25, 0.3) is 5.91 Å². The molecule has 1 aromatic heterocycles. The van der Waals surface area contributed by atoms with Gasteiger partial charge in [0.2, 0.25) is 0 Å². The van der Waals surface area contributed by atoms with Gasteiger partial charge in [-0.05, 0) is 35.2 Å². The molecule has 2 aromatic carbocycles. The highest BCUT2D eigenvalue weighted by molar-refractivity contribution is 5.94. The van der Waals surface area contributed by atoms with E-state index in [0.717, 1.165) is 11.0 Å². The third kappa shape index (κ3) is 3.43. The minimum absolute atomic E-state index is 0.0601. The second-order valence-corrected chi connectivity index (χ2v) is 7.57. The Balaban J connectivity index is 1.68. The van der Waals surface area contributed by atoms with E-state index in [1.54, 1.807) is 16.2 Å². The Hall–Kier alpha value is -2.82. The van der Waals surface area contributed by atoms with Gasteiger partial charge in [-0.15, -0.1) is 0 Å². The Morgan fingerprint density at radius 1 is 1.00 bits per heavy atom. The highest BCUT2D eigenvalue weighted by atomic mass is 16.2. The molecule has 0 spiro atoms. The highest BCUT2D eigenvalue weighted by Gasteiger charge is 2.14. The summed E-state index contributed by atoms with van der Waals surface area (Å²) < 4.78 is 3.32. The SMILES string of the molecule is Cn1c(=O)n(CCNC(=O)c2ccc(C(C)(C)C)cc2)c2ccccc21. The van der Waals surface area contributed by atoms with Crippen LogP contribution in [0.25, 0.3) is 11.0 Å². The molecule has 1 heterocycles. The monoisotopic (exact) mass is 351 g/mol. The Labute approximate surface area is 153 Å². The van der Waals surface area contributed by atoms with E-state index >= 15 is 0 Å². The zero-order valence-corrected chi connectivity index (χ0v) is 15.7. The van der Waals surface area contributed by atoms with Crippen molar-refractivity contribution in [2.45, 2.75) is 32.7 Å². The van der Waals surface area contributed by atoms with Crippen molar-refractivity contribution in [2.24, 2.45) is 7.05 Å². The quantitative estimate of drug-likeness (QED) is 0.785. The van der Waals surface area contributed by atoms with E-state index in [2.05, 4.69) is 26.1 Å². The number of aromatic nitrogens is 2. The number of carbonyl (C=O) groups excluding carboxylic acids is 1. The molecule has 0 atom stereocenters. The lowest BCUT2D eigenvalue weighted by Crippen LogP contribution is -2.31. The molecule has 26 heavy (non-hydrogen) atoms. The van der Waals surface area contributed by atoms with E-state index in [1.807, 2.05) is 48.5 Å². The number of hydrogen-bond donors (Lipinski definition) is 1. The lowest BCUT2D eigenvalue weighted by molar-refractivity contribution is 0.0952. The molecule has 0 radical (unpaired) electrons. The maximum atomic E-state index is 12.4. The maximum Gasteiger partial charge on any atom is 0.328 e. The summed E-state index contributed by atoms with van der Waals surface area (Å²) in [7, 11) is 1.76. The van der Waals surface area contributed by atoms with Crippen molar-refractivity contribution in [2.75, 3.05) is 6.54 Å². The summed E-state index contributed by atoms with van der Waals surface area (Å²) >= 11 is 0. The summed E-state index contributed by atoms with van der Waals surface area (Å²) in [4.78, 5) is 24.7. The summed E-state index contributed by atoms with van der Waals surface area (Å²) in [6.07, 6.45) is 0. The molecule has 0 fully saturated rings. The maximum absolute atomic E-state index is 12.4. The zero-order chi connectivity index (χ0) is 18.9. The number of aryl methyl sites for hydroxylation is 1. The number of nitrogens with one attached hydrogen (secondary N) is 1. The van der Waals surface area contributed by atoms with Crippen LogP contribution in [0.3, 0.4) is 0 Å². The number of imidazole rings is 1. The van der Waals surface area contributed by atoms with Crippen LogP contribution in [0.1, 0.15) is 36.7 Å². The van der Waals surface area contributed by atoms with E-state index in [-0.39, 0.29) is 17.0 Å². The molecule has 0 saturated carbocycles. The Bertz CT molecular complexity index is 989. The van der Waals surface area contributed by atoms with Gasteiger partial charge in [0.05, 0.1) is 11.0 Å². The molecule has 1 amide bonds. The number of fused-ring (bicyclic) bond motifs is 1. The van der Waals surface area contributed by atoms with Gasteiger partial charge in [0.1, 0.15) is 0 Å². The summed E-state index contributed by atoms with van der Waals surface area (Å²) in [5.74, 6) is -0.126. The molecule has 0 unspecified atom stereocenters. The molecule has 1 N–H and O–H groups in total. The van der Waals surface area contributed by atoms with Crippen molar-refractivity contribution in [1.82, 2.24) is 14.5 Å². The topological polar surface area (TPSA) is 56.0 Å². The second kappa shape index (κ2) is 6.83. The number of nitrogens with zero attached hydrogens (tertiary/aromatic N) is 2. The van der Waals surface area contributed by atoms with Crippen molar-refractivity contribution < 1.29 is 4.79 Å². The number of carbonyl (C=O) groups is 1. The molecule has 136 valence electrons. The Morgan fingerprint density at radius 2 is 1.62 bits per heavy atom. The van der Waals surface area contributed by atoms with Crippen LogP contribution >= 0.6 is 0 Å². The van der Waals surface area contributed by atoms with Crippen molar-refractivity contribution >= 4 is 16.9 Å². The van der Waals surface area contributed by atoms with Crippen molar-refractivity contribution in [3.63, 3.8) is 0 Å². The fourth-order valence-electron chi connectivity index (χ4n) is 3.08. The Kier molecular flexibility index (Phi) is 4.72. The molecular weight excluding hydrogens is 326 g/mol. The third-order valence-corrected chi connectivity index (χ3v) is 4.69. The van der Waals surface area contributed by atoms with Crippen LogP contribution in [-0.2, 0) is 19.0 Å². The summed E-state index contributed by atoms with van der Waals surface area (Å²) in [6.45, 7) is 7.26. The molecule has 5 nitrogen and oxygen atoms in total. The third-order valence-electron chi connectivity index (χ3n) is 4.69. The van der Waals surface area contributed by atoms with Gasteiger partial charge in [0.15, 0.2) is 0 Å². The van der Waals surface area contributed by atoms with Gasteiger partial charge in [-0.25, -0.2) is 4.79 Å². The number of para-hydroxylation sites is 2. The van der Waals surface area contributed by atoms with Crippen molar-refractivity contribution in [1.29, 1.82) is 0 Å². The normalized spacial score (nSPS) is 11.7. The first-order chi connectivity index (χ1) is 12.3. The summed E-state index contributed by atoms with van der Waals surface area (Å²) in [5, 5.41) is 2.90. The minimum atomic E-state index is -0.126. The second-order valence-electron chi connectivity index (χ2n) is 7.57. The van der Waals surface area contributed by atoms with Crippen LogP contribution in [0, 0.1) is 0 Å². The van der Waals surface area contributed by atoms with Crippen molar-refractivity contribution in [3.8, 4) is 0 Å². The lowest BCUT2D eigenvalue weighted by Gasteiger charge is -2.19. The standard InChI is InChI=1S/C21H25N3O2/c1-21(2,3)16-11-9-15(10-12-16)19(25)22-13-14-24-18-8-6-5-7-17(18)23(4)20(24)26/h5-12H,13-14H2,1-4H3,(H,22,25). The molecule has 0 saturated heterocycles. The van der Waals surface area contributed by atoms with Crippen LogP contribution in [-0.4, -0.2) is 21.6 Å². The highest BCUT2D eigenvalue weighted by Crippen LogP contribution is 2.22. The predicted molar refractivity (Wildman–Crippen MR) is 105 cm³/mol. The average Bonchev–Trinajstić information content (AvgIpc) is 2.86. The first kappa shape index (κ1) is 18.0. The van der Waals surface area contributed by atoms with Gasteiger partial charge in [-0.2, -0.15) is 0 Å².